The minimum Gasteiger partial charge on any atom is -0.467 e. The summed E-state index contributed by atoms with van der Waals surface area (Å²) >= 11 is 0. The summed E-state index contributed by atoms with van der Waals surface area (Å²) in [5.74, 6) is -1.21. The molecule has 5 heteroatoms. The van der Waals surface area contributed by atoms with Crippen molar-refractivity contribution in [1.29, 1.82) is 0 Å². The van der Waals surface area contributed by atoms with Crippen LogP contribution in [0.4, 0.5) is 4.39 Å². The fourth-order valence-corrected chi connectivity index (χ4v) is 1.94. The van der Waals surface area contributed by atoms with E-state index in [-0.39, 0.29) is 12.3 Å². The van der Waals surface area contributed by atoms with Crippen LogP contribution in [0.25, 0.3) is 0 Å². The van der Waals surface area contributed by atoms with Gasteiger partial charge in [0.1, 0.15) is 11.9 Å². The zero-order valence-corrected chi connectivity index (χ0v) is 12.1. The van der Waals surface area contributed by atoms with Crippen molar-refractivity contribution in [2.45, 2.75) is 31.7 Å². The van der Waals surface area contributed by atoms with E-state index < -0.39 is 17.8 Å². The average molecular weight is 293 g/mol. The van der Waals surface area contributed by atoms with Gasteiger partial charge in [0.2, 0.25) is 5.91 Å². The smallest absolute Gasteiger partial charge is 0.328 e. The number of unbranched alkanes of at least 4 members (excludes halogenated alkanes) is 1. The van der Waals surface area contributed by atoms with Gasteiger partial charge in [0, 0.05) is 0 Å². The first-order valence-electron chi connectivity index (χ1n) is 6.79. The molecule has 0 aromatic heterocycles. The van der Waals surface area contributed by atoms with Crippen LogP contribution >= 0.6 is 0 Å². The molecule has 114 valence electrons. The molecule has 0 spiro atoms. The van der Waals surface area contributed by atoms with Crippen molar-refractivity contribution in [3.8, 4) is 0 Å². The maximum atomic E-state index is 13.1. The van der Waals surface area contributed by atoms with Crippen LogP contribution in [0.1, 0.15) is 24.8 Å². The molecule has 1 aromatic rings. The molecule has 0 aliphatic heterocycles. The van der Waals surface area contributed by atoms with Crippen LogP contribution < -0.4 is 5.32 Å². The number of hydrogen-bond donors (Lipinski definition) is 1. The quantitative estimate of drug-likeness (QED) is 0.455. The molecule has 1 N–H and O–H groups in total. The Bertz CT molecular complexity index is 502. The van der Waals surface area contributed by atoms with Crippen molar-refractivity contribution in [3.05, 3.63) is 48.3 Å². The van der Waals surface area contributed by atoms with Gasteiger partial charge < -0.3 is 10.1 Å². The zero-order chi connectivity index (χ0) is 15.7. The molecule has 0 saturated heterocycles. The highest BCUT2D eigenvalue weighted by molar-refractivity contribution is 5.85. The molecule has 0 heterocycles. The molecule has 1 rings (SSSR count). The van der Waals surface area contributed by atoms with Crippen LogP contribution in [-0.2, 0) is 20.7 Å². The minimum absolute atomic E-state index is 0.0205. The van der Waals surface area contributed by atoms with Crippen molar-refractivity contribution in [3.63, 3.8) is 0 Å². The summed E-state index contributed by atoms with van der Waals surface area (Å²) in [6.45, 7) is 3.61. The number of carbonyl (C=O) groups is 2. The fraction of sp³-hybridized carbons (Fsp3) is 0.375. The third-order valence-corrected chi connectivity index (χ3v) is 2.98. The van der Waals surface area contributed by atoms with E-state index in [0.29, 0.717) is 12.0 Å². The van der Waals surface area contributed by atoms with Crippen LogP contribution in [0.3, 0.4) is 0 Å². The van der Waals surface area contributed by atoms with Gasteiger partial charge in [-0.1, -0.05) is 18.2 Å². The predicted octanol–water partition coefficient (Wildman–Crippen LogP) is 2.38. The summed E-state index contributed by atoms with van der Waals surface area (Å²) < 4.78 is 17.7. The van der Waals surface area contributed by atoms with Gasteiger partial charge in [-0.15, -0.1) is 6.58 Å². The molecule has 1 aromatic carbocycles. The van der Waals surface area contributed by atoms with Gasteiger partial charge in [-0.05, 0) is 37.0 Å². The lowest BCUT2D eigenvalue weighted by atomic mass is 10.1. The number of amides is 1. The van der Waals surface area contributed by atoms with E-state index in [9.17, 15) is 14.0 Å². The lowest BCUT2D eigenvalue weighted by Gasteiger charge is -2.16. The van der Waals surface area contributed by atoms with E-state index in [1.807, 2.05) is 0 Å². The molecule has 21 heavy (non-hydrogen) atoms. The van der Waals surface area contributed by atoms with Gasteiger partial charge in [-0.3, -0.25) is 4.79 Å². The van der Waals surface area contributed by atoms with E-state index in [1.54, 1.807) is 18.2 Å². The van der Waals surface area contributed by atoms with Gasteiger partial charge in [0.25, 0.3) is 0 Å². The third-order valence-electron chi connectivity index (χ3n) is 2.98. The Morgan fingerprint density at radius 2 is 2.24 bits per heavy atom. The van der Waals surface area contributed by atoms with Gasteiger partial charge in [-0.2, -0.15) is 0 Å². The van der Waals surface area contributed by atoms with Crippen LogP contribution in [0.15, 0.2) is 36.9 Å². The van der Waals surface area contributed by atoms with Gasteiger partial charge >= 0.3 is 5.97 Å². The van der Waals surface area contributed by atoms with E-state index in [2.05, 4.69) is 16.6 Å². The Kier molecular flexibility index (Phi) is 7.15. The standard InChI is InChI=1S/C16H20FNO3/c1-3-4-5-9-14(16(20)21-2)18-15(19)11-12-7-6-8-13(17)10-12/h3,6-8,10,14H,1,4-5,9,11H2,2H3,(H,18,19)/t14-/m1/s1. The van der Waals surface area contributed by atoms with Crippen molar-refractivity contribution in [2.24, 2.45) is 0 Å². The van der Waals surface area contributed by atoms with Crippen LogP contribution in [0.5, 0.6) is 0 Å². The lowest BCUT2D eigenvalue weighted by molar-refractivity contribution is -0.145. The molecule has 0 radical (unpaired) electrons. The lowest BCUT2D eigenvalue weighted by Crippen LogP contribution is -2.42. The maximum Gasteiger partial charge on any atom is 0.328 e. The molecule has 1 amide bonds. The summed E-state index contributed by atoms with van der Waals surface area (Å²) in [6, 6.07) is 5.13. The molecule has 0 aliphatic carbocycles. The number of methoxy groups -OCH3 is 1. The van der Waals surface area contributed by atoms with Gasteiger partial charge in [0.05, 0.1) is 13.5 Å². The van der Waals surface area contributed by atoms with E-state index in [0.717, 1.165) is 12.8 Å². The number of carbonyl (C=O) groups excluding carboxylic acids is 2. The maximum absolute atomic E-state index is 13.1. The predicted molar refractivity (Wildman–Crippen MR) is 78.1 cm³/mol. The highest BCUT2D eigenvalue weighted by Gasteiger charge is 2.20. The first kappa shape index (κ1) is 16.9. The number of esters is 1. The summed E-state index contributed by atoms with van der Waals surface area (Å²) in [6.07, 6.45) is 3.74. The zero-order valence-electron chi connectivity index (χ0n) is 12.1. The molecule has 0 fully saturated rings. The van der Waals surface area contributed by atoms with Gasteiger partial charge in [0.15, 0.2) is 0 Å². The number of allylic oxidation sites excluding steroid dienone is 1. The Labute approximate surface area is 124 Å². The van der Waals surface area contributed by atoms with Crippen LogP contribution in [-0.4, -0.2) is 25.0 Å². The van der Waals surface area contributed by atoms with Gasteiger partial charge in [-0.25, -0.2) is 9.18 Å². The minimum atomic E-state index is -0.684. The monoisotopic (exact) mass is 293 g/mol. The number of rotatable bonds is 8. The molecular formula is C16H20FNO3. The highest BCUT2D eigenvalue weighted by atomic mass is 19.1. The second-order valence-electron chi connectivity index (χ2n) is 4.67. The van der Waals surface area contributed by atoms with Crippen LogP contribution in [0, 0.1) is 5.82 Å². The van der Waals surface area contributed by atoms with E-state index >= 15 is 0 Å². The number of halogens is 1. The SMILES string of the molecule is C=CCCC[C@@H](NC(=O)Cc1cccc(F)c1)C(=O)OC. The molecule has 0 aliphatic rings. The third kappa shape index (κ3) is 6.21. The molecule has 1 atom stereocenters. The summed E-state index contributed by atoms with van der Waals surface area (Å²) in [7, 11) is 1.28. The summed E-state index contributed by atoms with van der Waals surface area (Å²) in [5, 5.41) is 2.62. The number of ether oxygens (including phenoxy) is 1. The molecular weight excluding hydrogens is 273 g/mol. The van der Waals surface area contributed by atoms with E-state index in [4.69, 9.17) is 0 Å². The normalized spacial score (nSPS) is 11.5. The van der Waals surface area contributed by atoms with E-state index in [1.165, 1.54) is 19.2 Å². The molecule has 4 nitrogen and oxygen atoms in total. The number of benzene rings is 1. The van der Waals surface area contributed by atoms with Crippen molar-refractivity contribution >= 4 is 11.9 Å². The first-order valence-corrected chi connectivity index (χ1v) is 6.79. The highest BCUT2D eigenvalue weighted by Crippen LogP contribution is 2.07. The average Bonchev–Trinajstić information content (AvgIpc) is 2.45. The Morgan fingerprint density at radius 3 is 2.86 bits per heavy atom. The first-order chi connectivity index (χ1) is 10.1. The Balaban J connectivity index is 2.58. The molecule has 0 unspecified atom stereocenters. The van der Waals surface area contributed by atoms with Crippen LogP contribution in [0.2, 0.25) is 0 Å². The second-order valence-corrected chi connectivity index (χ2v) is 4.67. The van der Waals surface area contributed by atoms with Crippen molar-refractivity contribution < 1.29 is 18.7 Å². The van der Waals surface area contributed by atoms with Crippen molar-refractivity contribution in [2.75, 3.05) is 7.11 Å². The number of nitrogens with one attached hydrogen (secondary N) is 1. The Hall–Kier alpha value is -2.17. The molecule has 0 saturated carbocycles. The topological polar surface area (TPSA) is 55.4 Å². The number of hydrogen-bond acceptors (Lipinski definition) is 3. The summed E-state index contributed by atoms with van der Waals surface area (Å²) in [5.41, 5.74) is 0.558. The fourth-order valence-electron chi connectivity index (χ4n) is 1.94. The molecule has 0 bridgehead atoms. The van der Waals surface area contributed by atoms with Crippen molar-refractivity contribution in [1.82, 2.24) is 5.32 Å². The largest absolute Gasteiger partial charge is 0.467 e. The second kappa shape index (κ2) is 8.89. The summed E-state index contributed by atoms with van der Waals surface area (Å²) in [4.78, 5) is 23.6. The Morgan fingerprint density at radius 1 is 1.48 bits per heavy atom.